The molecule has 5 nitrogen and oxygen atoms in total. The summed E-state index contributed by atoms with van der Waals surface area (Å²) in [5.41, 5.74) is 5.18. The monoisotopic (exact) mass is 415 g/mol. The Labute approximate surface area is 183 Å². The van der Waals surface area contributed by atoms with Crippen LogP contribution >= 0.6 is 0 Å². The van der Waals surface area contributed by atoms with E-state index in [0.717, 1.165) is 30.0 Å². The summed E-state index contributed by atoms with van der Waals surface area (Å²) in [6, 6.07) is 16.0. The van der Waals surface area contributed by atoms with E-state index in [0.29, 0.717) is 18.7 Å². The Morgan fingerprint density at radius 3 is 2.32 bits per heavy atom. The van der Waals surface area contributed by atoms with Gasteiger partial charge in [-0.15, -0.1) is 0 Å². The first-order chi connectivity index (χ1) is 14.9. The minimum absolute atomic E-state index is 0.0333. The smallest absolute Gasteiger partial charge is 0.223 e. The van der Waals surface area contributed by atoms with Gasteiger partial charge in [0.15, 0.2) is 5.78 Å². The number of Topliss-reactive ketones (excluding diaryl/α,β-unsaturated/α-hetero) is 1. The minimum atomic E-state index is 0.0333. The van der Waals surface area contributed by atoms with Crippen LogP contribution in [0.1, 0.15) is 39.9 Å². The maximum atomic E-state index is 12.7. The first-order valence-electron chi connectivity index (χ1n) is 10.9. The number of ketones is 1. The highest BCUT2D eigenvalue weighted by Gasteiger charge is 2.23. The summed E-state index contributed by atoms with van der Waals surface area (Å²) in [6.45, 7) is 8.96. The third-order valence-corrected chi connectivity index (χ3v) is 6.26. The standard InChI is InChI=1S/C26H29N3O2/c1-18-8-9-21(16-19(18)2)24(30)10-11-26(31)29-14-12-28(13-15-29)25-17-20(3)22-6-4-5-7-23(22)27-25/h4-9,16-17H,10-15H2,1-3H3. The van der Waals surface area contributed by atoms with Crippen molar-refractivity contribution in [2.45, 2.75) is 33.6 Å². The summed E-state index contributed by atoms with van der Waals surface area (Å²) in [5, 5.41) is 1.17. The lowest BCUT2D eigenvalue weighted by Crippen LogP contribution is -2.49. The van der Waals surface area contributed by atoms with Crippen LogP contribution in [0.5, 0.6) is 0 Å². The number of piperazine rings is 1. The molecule has 0 radical (unpaired) electrons. The molecule has 2 heterocycles. The molecule has 5 heteroatoms. The molecular formula is C26H29N3O2. The molecule has 31 heavy (non-hydrogen) atoms. The third kappa shape index (κ3) is 4.61. The summed E-state index contributed by atoms with van der Waals surface area (Å²) in [4.78, 5) is 34.1. The maximum absolute atomic E-state index is 12.7. The number of hydrogen-bond donors (Lipinski definition) is 0. The summed E-state index contributed by atoms with van der Waals surface area (Å²) < 4.78 is 0. The highest BCUT2D eigenvalue weighted by atomic mass is 16.2. The first kappa shape index (κ1) is 21.0. The van der Waals surface area contributed by atoms with E-state index in [9.17, 15) is 9.59 Å². The van der Waals surface area contributed by atoms with Crippen molar-refractivity contribution < 1.29 is 9.59 Å². The average molecular weight is 416 g/mol. The average Bonchev–Trinajstić information content (AvgIpc) is 2.79. The number of aryl methyl sites for hydroxylation is 3. The number of rotatable bonds is 5. The lowest BCUT2D eigenvalue weighted by atomic mass is 10.0. The van der Waals surface area contributed by atoms with Crippen LogP contribution in [-0.2, 0) is 4.79 Å². The van der Waals surface area contributed by atoms with Gasteiger partial charge in [0, 0.05) is 50.0 Å². The van der Waals surface area contributed by atoms with Gasteiger partial charge < -0.3 is 9.80 Å². The van der Waals surface area contributed by atoms with Gasteiger partial charge in [-0.1, -0.05) is 30.3 Å². The first-order valence-corrected chi connectivity index (χ1v) is 10.9. The predicted molar refractivity (Wildman–Crippen MR) is 125 cm³/mol. The molecule has 0 spiro atoms. The Bertz CT molecular complexity index is 1130. The molecule has 0 unspecified atom stereocenters. The van der Waals surface area contributed by atoms with Crippen molar-refractivity contribution in [3.8, 4) is 0 Å². The second-order valence-corrected chi connectivity index (χ2v) is 8.40. The number of pyridine rings is 1. The molecule has 3 aromatic rings. The molecule has 0 saturated carbocycles. The molecule has 1 aliphatic heterocycles. The van der Waals surface area contributed by atoms with E-state index in [1.807, 2.05) is 55.1 Å². The highest BCUT2D eigenvalue weighted by Crippen LogP contribution is 2.23. The van der Waals surface area contributed by atoms with E-state index < -0.39 is 0 Å². The van der Waals surface area contributed by atoms with Crippen LogP contribution in [0.3, 0.4) is 0 Å². The molecule has 1 saturated heterocycles. The molecule has 2 aromatic carbocycles. The zero-order valence-corrected chi connectivity index (χ0v) is 18.5. The van der Waals surface area contributed by atoms with Crippen molar-refractivity contribution in [1.29, 1.82) is 0 Å². The van der Waals surface area contributed by atoms with E-state index in [4.69, 9.17) is 4.98 Å². The number of carbonyl (C=O) groups is 2. The van der Waals surface area contributed by atoms with Crippen molar-refractivity contribution in [3.63, 3.8) is 0 Å². The van der Waals surface area contributed by atoms with Gasteiger partial charge >= 0.3 is 0 Å². The summed E-state index contributed by atoms with van der Waals surface area (Å²) in [7, 11) is 0. The van der Waals surface area contributed by atoms with Gasteiger partial charge in [-0.3, -0.25) is 9.59 Å². The number of para-hydroxylation sites is 1. The van der Waals surface area contributed by atoms with Crippen LogP contribution in [0.4, 0.5) is 5.82 Å². The lowest BCUT2D eigenvalue weighted by molar-refractivity contribution is -0.131. The molecule has 1 aliphatic rings. The Morgan fingerprint density at radius 2 is 1.58 bits per heavy atom. The quantitative estimate of drug-likeness (QED) is 0.577. The minimum Gasteiger partial charge on any atom is -0.353 e. The number of nitrogens with zero attached hydrogens (tertiary/aromatic N) is 3. The van der Waals surface area contributed by atoms with E-state index in [1.54, 1.807) is 0 Å². The van der Waals surface area contributed by atoms with E-state index in [-0.39, 0.29) is 24.5 Å². The van der Waals surface area contributed by atoms with Gasteiger partial charge in [-0.05, 0) is 55.7 Å². The molecule has 1 aromatic heterocycles. The normalized spacial score (nSPS) is 14.2. The zero-order chi connectivity index (χ0) is 22.0. The van der Waals surface area contributed by atoms with E-state index in [2.05, 4.69) is 24.0 Å². The van der Waals surface area contributed by atoms with Crippen molar-refractivity contribution in [1.82, 2.24) is 9.88 Å². The summed E-state index contributed by atoms with van der Waals surface area (Å²) in [5.74, 6) is 1.05. The molecule has 0 atom stereocenters. The molecule has 160 valence electrons. The van der Waals surface area contributed by atoms with Crippen LogP contribution in [-0.4, -0.2) is 47.8 Å². The SMILES string of the molecule is Cc1ccc(C(=O)CCC(=O)N2CCN(c3cc(C)c4ccccc4n3)CC2)cc1C. The Balaban J connectivity index is 1.32. The summed E-state index contributed by atoms with van der Waals surface area (Å²) >= 11 is 0. The number of amides is 1. The molecule has 0 aliphatic carbocycles. The highest BCUT2D eigenvalue weighted by molar-refractivity contribution is 5.98. The number of carbonyl (C=O) groups excluding carboxylic acids is 2. The maximum Gasteiger partial charge on any atom is 0.223 e. The third-order valence-electron chi connectivity index (χ3n) is 6.26. The van der Waals surface area contributed by atoms with Gasteiger partial charge in [-0.25, -0.2) is 4.98 Å². The van der Waals surface area contributed by atoms with Crippen molar-refractivity contribution >= 4 is 28.4 Å². The number of anilines is 1. The molecule has 0 N–H and O–H groups in total. The fourth-order valence-electron chi connectivity index (χ4n) is 4.12. The van der Waals surface area contributed by atoms with Crippen LogP contribution in [0.15, 0.2) is 48.5 Å². The zero-order valence-electron chi connectivity index (χ0n) is 18.5. The van der Waals surface area contributed by atoms with Gasteiger partial charge in [0.1, 0.15) is 5.82 Å². The molecule has 1 fully saturated rings. The molecular weight excluding hydrogens is 386 g/mol. The summed E-state index contributed by atoms with van der Waals surface area (Å²) in [6.07, 6.45) is 0.520. The van der Waals surface area contributed by atoms with Crippen LogP contribution < -0.4 is 4.90 Å². The Kier molecular flexibility index (Phi) is 6.03. The topological polar surface area (TPSA) is 53.5 Å². The Hall–Kier alpha value is -3.21. The van der Waals surface area contributed by atoms with Crippen LogP contribution in [0.2, 0.25) is 0 Å². The van der Waals surface area contributed by atoms with Crippen LogP contribution in [0, 0.1) is 20.8 Å². The van der Waals surface area contributed by atoms with Crippen molar-refractivity contribution in [3.05, 3.63) is 70.8 Å². The van der Waals surface area contributed by atoms with E-state index in [1.165, 1.54) is 16.5 Å². The molecule has 4 rings (SSSR count). The largest absolute Gasteiger partial charge is 0.353 e. The second kappa shape index (κ2) is 8.88. The number of fused-ring (bicyclic) bond motifs is 1. The fourth-order valence-corrected chi connectivity index (χ4v) is 4.12. The number of benzene rings is 2. The Morgan fingerprint density at radius 1 is 0.839 bits per heavy atom. The van der Waals surface area contributed by atoms with Gasteiger partial charge in [0.05, 0.1) is 5.52 Å². The van der Waals surface area contributed by atoms with Crippen molar-refractivity contribution in [2.75, 3.05) is 31.1 Å². The van der Waals surface area contributed by atoms with Gasteiger partial charge in [0.2, 0.25) is 5.91 Å². The lowest BCUT2D eigenvalue weighted by Gasteiger charge is -2.35. The van der Waals surface area contributed by atoms with E-state index >= 15 is 0 Å². The number of aromatic nitrogens is 1. The van der Waals surface area contributed by atoms with Crippen molar-refractivity contribution in [2.24, 2.45) is 0 Å². The van der Waals surface area contributed by atoms with Crippen LogP contribution in [0.25, 0.3) is 10.9 Å². The van der Waals surface area contributed by atoms with Gasteiger partial charge in [0.25, 0.3) is 0 Å². The second-order valence-electron chi connectivity index (χ2n) is 8.40. The predicted octanol–water partition coefficient (Wildman–Crippen LogP) is 4.47. The molecule has 1 amide bonds. The molecule has 0 bridgehead atoms. The van der Waals surface area contributed by atoms with Gasteiger partial charge in [-0.2, -0.15) is 0 Å². The number of hydrogen-bond acceptors (Lipinski definition) is 4. The fraction of sp³-hybridized carbons (Fsp3) is 0.346.